The maximum atomic E-state index is 13.2. The van der Waals surface area contributed by atoms with E-state index in [4.69, 9.17) is 4.74 Å². The molecule has 0 aromatic heterocycles. The van der Waals surface area contributed by atoms with E-state index in [-0.39, 0.29) is 23.3 Å². The molecule has 0 unspecified atom stereocenters. The van der Waals surface area contributed by atoms with E-state index in [0.29, 0.717) is 36.5 Å². The number of amides is 3. The summed E-state index contributed by atoms with van der Waals surface area (Å²) in [4.78, 5) is 44.7. The summed E-state index contributed by atoms with van der Waals surface area (Å²) in [7, 11) is 0. The van der Waals surface area contributed by atoms with Crippen LogP contribution in [-0.2, 0) is 6.54 Å². The topological polar surface area (TPSA) is 70.2 Å². The fourth-order valence-corrected chi connectivity index (χ4v) is 4.81. The molecule has 3 aromatic carbocycles. The van der Waals surface area contributed by atoms with Gasteiger partial charge in [0.1, 0.15) is 5.75 Å². The lowest BCUT2D eigenvalue weighted by Crippen LogP contribution is -2.48. The molecule has 0 bridgehead atoms. The molecule has 3 aromatic rings. The average molecular weight is 484 g/mol. The summed E-state index contributed by atoms with van der Waals surface area (Å²) in [5.41, 5.74) is 3.66. The lowest BCUT2D eigenvalue weighted by atomic mass is 10.0. The predicted molar refractivity (Wildman–Crippen MR) is 138 cm³/mol. The Balaban J connectivity index is 1.24. The molecule has 2 aliphatic heterocycles. The molecule has 7 nitrogen and oxygen atoms in total. The zero-order valence-corrected chi connectivity index (χ0v) is 20.6. The van der Waals surface area contributed by atoms with Crippen molar-refractivity contribution in [1.29, 1.82) is 0 Å². The Bertz CT molecular complexity index is 1310. The van der Waals surface area contributed by atoms with Crippen molar-refractivity contribution in [1.82, 2.24) is 9.80 Å². The molecule has 0 radical (unpaired) electrons. The molecule has 5 rings (SSSR count). The largest absolute Gasteiger partial charge is 0.494 e. The van der Waals surface area contributed by atoms with Gasteiger partial charge in [0.2, 0.25) is 0 Å². The number of nitrogens with zero attached hydrogens (tertiary/aromatic N) is 3. The summed E-state index contributed by atoms with van der Waals surface area (Å²) in [6.45, 7) is 8.04. The number of rotatable bonds is 6. The molecule has 0 N–H and O–H groups in total. The van der Waals surface area contributed by atoms with E-state index >= 15 is 0 Å². The van der Waals surface area contributed by atoms with Crippen LogP contribution in [0.1, 0.15) is 49.1 Å². The Labute approximate surface area is 210 Å². The molecule has 1 fully saturated rings. The third-order valence-corrected chi connectivity index (χ3v) is 6.79. The van der Waals surface area contributed by atoms with E-state index in [0.717, 1.165) is 30.9 Å². The van der Waals surface area contributed by atoms with E-state index in [1.165, 1.54) is 10.5 Å². The highest BCUT2D eigenvalue weighted by Gasteiger charge is 2.38. The highest BCUT2D eigenvalue weighted by molar-refractivity contribution is 6.35. The molecule has 0 aliphatic carbocycles. The molecule has 1 saturated heterocycles. The van der Waals surface area contributed by atoms with Gasteiger partial charge in [-0.1, -0.05) is 30.3 Å². The van der Waals surface area contributed by atoms with Crippen LogP contribution >= 0.6 is 0 Å². The third-order valence-electron chi connectivity index (χ3n) is 6.79. The molecule has 0 saturated carbocycles. The molecule has 184 valence electrons. The Morgan fingerprint density at radius 3 is 2.25 bits per heavy atom. The van der Waals surface area contributed by atoms with Gasteiger partial charge in [-0.2, -0.15) is 0 Å². The quantitative estimate of drug-likeness (QED) is 0.493. The number of para-hydroxylation sites is 1. The van der Waals surface area contributed by atoms with Gasteiger partial charge in [0.25, 0.3) is 17.7 Å². The SMILES string of the molecule is CCOc1ccc(CN2CCN(C(=O)c3ccc4c(c3)C(=O)N(c3ccccc3C)C4=O)CC2)cc1. The van der Waals surface area contributed by atoms with Crippen molar-refractivity contribution in [3.8, 4) is 5.75 Å². The third kappa shape index (κ3) is 4.50. The number of imide groups is 1. The van der Waals surface area contributed by atoms with Gasteiger partial charge in [-0.15, -0.1) is 0 Å². The predicted octanol–water partition coefficient (Wildman–Crippen LogP) is 4.15. The van der Waals surface area contributed by atoms with E-state index < -0.39 is 0 Å². The van der Waals surface area contributed by atoms with Crippen molar-refractivity contribution >= 4 is 23.4 Å². The molecule has 2 aliphatic rings. The first-order valence-electron chi connectivity index (χ1n) is 12.3. The van der Waals surface area contributed by atoms with Crippen LogP contribution in [0.2, 0.25) is 0 Å². The molecule has 0 spiro atoms. The van der Waals surface area contributed by atoms with E-state index in [9.17, 15) is 14.4 Å². The van der Waals surface area contributed by atoms with Gasteiger partial charge in [0, 0.05) is 38.3 Å². The number of hydrogen-bond donors (Lipinski definition) is 0. The molecular formula is C29H29N3O4. The number of carbonyl (C=O) groups excluding carboxylic acids is 3. The van der Waals surface area contributed by atoms with Crippen LogP contribution < -0.4 is 9.64 Å². The van der Waals surface area contributed by atoms with Crippen LogP contribution in [-0.4, -0.2) is 60.3 Å². The number of ether oxygens (including phenoxy) is 1. The number of fused-ring (bicyclic) bond motifs is 1. The van der Waals surface area contributed by atoms with Gasteiger partial charge in [0.15, 0.2) is 0 Å². The van der Waals surface area contributed by atoms with Crippen LogP contribution in [0.15, 0.2) is 66.7 Å². The number of aryl methyl sites for hydroxylation is 1. The maximum Gasteiger partial charge on any atom is 0.266 e. The first-order chi connectivity index (χ1) is 17.5. The second-order valence-electron chi connectivity index (χ2n) is 9.14. The minimum absolute atomic E-state index is 0.117. The van der Waals surface area contributed by atoms with Gasteiger partial charge >= 0.3 is 0 Å². The monoisotopic (exact) mass is 483 g/mol. The van der Waals surface area contributed by atoms with Crippen LogP contribution in [0.3, 0.4) is 0 Å². The summed E-state index contributed by atoms with van der Waals surface area (Å²) in [5, 5.41) is 0. The number of carbonyl (C=O) groups is 3. The standard InChI is InChI=1S/C29H29N3O4/c1-3-36-23-11-8-21(9-12-23)19-30-14-16-31(17-15-30)27(33)22-10-13-24-25(18-22)29(35)32(28(24)34)26-7-5-4-6-20(26)2/h4-13,18H,3,14-17,19H2,1-2H3. The average Bonchev–Trinajstić information content (AvgIpc) is 3.15. The molecule has 36 heavy (non-hydrogen) atoms. The number of anilines is 1. The number of benzene rings is 3. The van der Waals surface area contributed by atoms with Gasteiger partial charge in [0.05, 0.1) is 23.4 Å². The van der Waals surface area contributed by atoms with Crippen molar-refractivity contribution in [2.45, 2.75) is 20.4 Å². The fraction of sp³-hybridized carbons (Fsp3) is 0.276. The Kier molecular flexibility index (Phi) is 6.57. The highest BCUT2D eigenvalue weighted by atomic mass is 16.5. The lowest BCUT2D eigenvalue weighted by Gasteiger charge is -2.34. The molecular weight excluding hydrogens is 454 g/mol. The summed E-state index contributed by atoms with van der Waals surface area (Å²) in [6, 6.07) is 20.2. The normalized spacial score (nSPS) is 15.8. The van der Waals surface area contributed by atoms with Crippen LogP contribution in [0.4, 0.5) is 5.69 Å². The van der Waals surface area contributed by atoms with Gasteiger partial charge in [-0.05, 0) is 61.4 Å². The molecule has 3 amide bonds. The Hall–Kier alpha value is -3.97. The smallest absolute Gasteiger partial charge is 0.266 e. The van der Waals surface area contributed by atoms with Gasteiger partial charge in [-0.25, -0.2) is 4.90 Å². The summed E-state index contributed by atoms with van der Waals surface area (Å²) >= 11 is 0. The number of hydrogen-bond acceptors (Lipinski definition) is 5. The van der Waals surface area contributed by atoms with Crippen molar-refractivity contribution in [3.63, 3.8) is 0 Å². The van der Waals surface area contributed by atoms with Crippen molar-refractivity contribution in [2.75, 3.05) is 37.7 Å². The number of piperazine rings is 1. The van der Waals surface area contributed by atoms with E-state index in [1.807, 2.05) is 43.0 Å². The highest BCUT2D eigenvalue weighted by Crippen LogP contribution is 2.31. The summed E-state index contributed by atoms with van der Waals surface area (Å²) < 4.78 is 5.51. The second-order valence-corrected chi connectivity index (χ2v) is 9.14. The second kappa shape index (κ2) is 9.95. The van der Waals surface area contributed by atoms with E-state index in [1.54, 1.807) is 30.3 Å². The van der Waals surface area contributed by atoms with Crippen LogP contribution in [0, 0.1) is 6.92 Å². The summed E-state index contributed by atoms with van der Waals surface area (Å²) in [6.07, 6.45) is 0. The van der Waals surface area contributed by atoms with E-state index in [2.05, 4.69) is 17.0 Å². The first-order valence-corrected chi connectivity index (χ1v) is 12.3. The van der Waals surface area contributed by atoms with Crippen molar-refractivity contribution in [2.24, 2.45) is 0 Å². The molecule has 0 atom stereocenters. The zero-order chi connectivity index (χ0) is 25.2. The Morgan fingerprint density at radius 1 is 0.861 bits per heavy atom. The zero-order valence-electron chi connectivity index (χ0n) is 20.6. The summed E-state index contributed by atoms with van der Waals surface area (Å²) in [5.74, 6) is 0.00616. The van der Waals surface area contributed by atoms with Crippen molar-refractivity contribution in [3.05, 3.63) is 94.5 Å². The van der Waals surface area contributed by atoms with Crippen molar-refractivity contribution < 1.29 is 19.1 Å². The van der Waals surface area contributed by atoms with Gasteiger partial charge in [-0.3, -0.25) is 19.3 Å². The van der Waals surface area contributed by atoms with Gasteiger partial charge < -0.3 is 9.64 Å². The fourth-order valence-electron chi connectivity index (χ4n) is 4.81. The van der Waals surface area contributed by atoms with Crippen LogP contribution in [0.5, 0.6) is 5.75 Å². The first kappa shape index (κ1) is 23.8. The Morgan fingerprint density at radius 2 is 1.56 bits per heavy atom. The minimum Gasteiger partial charge on any atom is -0.494 e. The molecule has 7 heteroatoms. The van der Waals surface area contributed by atoms with Crippen LogP contribution in [0.25, 0.3) is 0 Å². The molecule has 2 heterocycles. The lowest BCUT2D eigenvalue weighted by molar-refractivity contribution is 0.0628. The maximum absolute atomic E-state index is 13.2. The minimum atomic E-state index is -0.390.